The van der Waals surface area contributed by atoms with Gasteiger partial charge in [-0.1, -0.05) is 5.11 Å². The molecular formula is C9H9N7O. The maximum absolute atomic E-state index is 11.8. The van der Waals surface area contributed by atoms with Crippen molar-refractivity contribution >= 4 is 11.4 Å². The number of fused-ring (bicyclic) bond motifs is 1. The van der Waals surface area contributed by atoms with Crippen molar-refractivity contribution in [3.8, 4) is 0 Å². The van der Waals surface area contributed by atoms with Crippen LogP contribution in [-0.2, 0) is 0 Å². The summed E-state index contributed by atoms with van der Waals surface area (Å²) in [6.45, 7) is 0.514. The van der Waals surface area contributed by atoms with Crippen molar-refractivity contribution in [2.45, 2.75) is 0 Å². The Kier molecular flexibility index (Phi) is 3.18. The molecule has 0 aliphatic rings. The fraction of sp³-hybridized carbons (Fsp3) is 0.222. The molecule has 0 saturated carbocycles. The SMILES string of the molecule is [N-]=[N+]=NCCNC(=O)c1cnn2ccncc12. The summed E-state index contributed by atoms with van der Waals surface area (Å²) in [7, 11) is 0. The van der Waals surface area contributed by atoms with E-state index < -0.39 is 0 Å². The molecule has 0 radical (unpaired) electrons. The Labute approximate surface area is 95.9 Å². The number of nitrogens with zero attached hydrogens (tertiary/aromatic N) is 6. The molecule has 17 heavy (non-hydrogen) atoms. The van der Waals surface area contributed by atoms with Crippen LogP contribution < -0.4 is 5.32 Å². The minimum atomic E-state index is -0.263. The molecule has 8 heteroatoms. The number of aromatic nitrogens is 3. The maximum Gasteiger partial charge on any atom is 0.255 e. The Morgan fingerprint density at radius 1 is 1.59 bits per heavy atom. The van der Waals surface area contributed by atoms with Gasteiger partial charge in [-0.3, -0.25) is 9.78 Å². The first-order chi connectivity index (χ1) is 8.33. The lowest BCUT2D eigenvalue weighted by atomic mass is 10.3. The Balaban J connectivity index is 2.11. The number of nitrogens with one attached hydrogen (secondary N) is 1. The van der Waals surface area contributed by atoms with Gasteiger partial charge in [-0.15, -0.1) is 0 Å². The van der Waals surface area contributed by atoms with Crippen LogP contribution in [-0.4, -0.2) is 33.6 Å². The van der Waals surface area contributed by atoms with Crippen molar-refractivity contribution in [2.75, 3.05) is 13.1 Å². The fourth-order valence-electron chi connectivity index (χ4n) is 1.37. The maximum atomic E-state index is 11.8. The molecule has 1 N–H and O–H groups in total. The molecule has 0 saturated heterocycles. The van der Waals surface area contributed by atoms with Crippen molar-refractivity contribution in [1.29, 1.82) is 0 Å². The van der Waals surface area contributed by atoms with Crippen LogP contribution in [0.2, 0.25) is 0 Å². The monoisotopic (exact) mass is 231 g/mol. The first-order valence-electron chi connectivity index (χ1n) is 4.89. The predicted octanol–water partition coefficient (Wildman–Crippen LogP) is 0.769. The van der Waals surface area contributed by atoms with E-state index in [1.165, 1.54) is 6.20 Å². The Hall–Kier alpha value is -2.60. The summed E-state index contributed by atoms with van der Waals surface area (Å²) in [6, 6.07) is 0. The van der Waals surface area contributed by atoms with Gasteiger partial charge in [0, 0.05) is 30.4 Å². The normalized spacial score (nSPS) is 9.88. The van der Waals surface area contributed by atoms with Crippen LogP contribution >= 0.6 is 0 Å². The third kappa shape index (κ3) is 2.32. The molecule has 0 aliphatic carbocycles. The molecule has 1 amide bonds. The second kappa shape index (κ2) is 4.95. The van der Waals surface area contributed by atoms with Gasteiger partial charge in [-0.05, 0) is 5.53 Å². The van der Waals surface area contributed by atoms with Crippen LogP contribution in [0.1, 0.15) is 10.4 Å². The van der Waals surface area contributed by atoms with Crippen LogP contribution in [0.5, 0.6) is 0 Å². The smallest absolute Gasteiger partial charge is 0.255 e. The van der Waals surface area contributed by atoms with Crippen molar-refractivity contribution in [1.82, 2.24) is 19.9 Å². The van der Waals surface area contributed by atoms with Crippen molar-refractivity contribution in [3.63, 3.8) is 0 Å². The minimum Gasteiger partial charge on any atom is -0.352 e. The van der Waals surface area contributed by atoms with Crippen LogP contribution in [0.15, 0.2) is 29.9 Å². The minimum absolute atomic E-state index is 0.222. The van der Waals surface area contributed by atoms with Crippen molar-refractivity contribution < 1.29 is 4.79 Å². The predicted molar refractivity (Wildman–Crippen MR) is 59.3 cm³/mol. The van der Waals surface area contributed by atoms with E-state index >= 15 is 0 Å². The average Bonchev–Trinajstić information content (AvgIpc) is 2.78. The van der Waals surface area contributed by atoms with Gasteiger partial charge in [0.1, 0.15) is 0 Å². The second-order valence-corrected chi connectivity index (χ2v) is 3.17. The first kappa shape index (κ1) is 10.9. The van der Waals surface area contributed by atoms with E-state index in [1.54, 1.807) is 23.1 Å². The van der Waals surface area contributed by atoms with Gasteiger partial charge in [-0.25, -0.2) is 4.52 Å². The van der Waals surface area contributed by atoms with E-state index in [9.17, 15) is 4.79 Å². The highest BCUT2D eigenvalue weighted by Crippen LogP contribution is 2.07. The third-order valence-electron chi connectivity index (χ3n) is 2.13. The van der Waals surface area contributed by atoms with E-state index in [0.29, 0.717) is 17.6 Å². The van der Waals surface area contributed by atoms with E-state index in [4.69, 9.17) is 5.53 Å². The molecule has 8 nitrogen and oxygen atoms in total. The zero-order valence-corrected chi connectivity index (χ0v) is 8.82. The summed E-state index contributed by atoms with van der Waals surface area (Å²) >= 11 is 0. The molecule has 0 aliphatic heterocycles. The van der Waals surface area contributed by atoms with Gasteiger partial charge in [0.2, 0.25) is 0 Å². The van der Waals surface area contributed by atoms with E-state index in [2.05, 4.69) is 25.4 Å². The van der Waals surface area contributed by atoms with E-state index in [1.807, 2.05) is 0 Å². The quantitative estimate of drug-likeness (QED) is 0.363. The number of azide groups is 1. The molecule has 2 aromatic heterocycles. The Morgan fingerprint density at radius 3 is 3.29 bits per heavy atom. The van der Waals surface area contributed by atoms with Crippen LogP contribution in [0.3, 0.4) is 0 Å². The highest BCUT2D eigenvalue weighted by molar-refractivity contribution is 6.00. The molecule has 2 heterocycles. The molecule has 0 unspecified atom stereocenters. The van der Waals surface area contributed by atoms with Crippen molar-refractivity contribution in [3.05, 3.63) is 40.8 Å². The van der Waals surface area contributed by atoms with Crippen molar-refractivity contribution in [2.24, 2.45) is 5.11 Å². The molecule has 0 bridgehead atoms. The largest absolute Gasteiger partial charge is 0.352 e. The summed E-state index contributed by atoms with van der Waals surface area (Å²) in [6.07, 6.45) is 6.28. The molecule has 2 aromatic rings. The molecule has 0 atom stereocenters. The van der Waals surface area contributed by atoms with Gasteiger partial charge in [0.05, 0.1) is 23.5 Å². The van der Waals surface area contributed by atoms with Crippen LogP contribution in [0.25, 0.3) is 16.0 Å². The van der Waals surface area contributed by atoms with E-state index in [0.717, 1.165) is 0 Å². The number of hydrogen-bond acceptors (Lipinski definition) is 4. The van der Waals surface area contributed by atoms with Gasteiger partial charge in [-0.2, -0.15) is 5.10 Å². The first-order valence-corrected chi connectivity index (χ1v) is 4.89. The zero-order valence-electron chi connectivity index (χ0n) is 8.82. The summed E-state index contributed by atoms with van der Waals surface area (Å²) in [5.41, 5.74) is 9.16. The second-order valence-electron chi connectivity index (χ2n) is 3.17. The molecule has 0 aromatic carbocycles. The zero-order chi connectivity index (χ0) is 12.1. The topological polar surface area (TPSA) is 108 Å². The molecular weight excluding hydrogens is 222 g/mol. The number of rotatable bonds is 4. The summed E-state index contributed by atoms with van der Waals surface area (Å²) in [4.78, 5) is 18.3. The summed E-state index contributed by atoms with van der Waals surface area (Å²) in [5, 5.41) is 9.97. The lowest BCUT2D eigenvalue weighted by molar-refractivity contribution is 0.0956. The highest BCUT2D eigenvalue weighted by Gasteiger charge is 2.11. The molecule has 0 spiro atoms. The summed E-state index contributed by atoms with van der Waals surface area (Å²) in [5.74, 6) is -0.263. The fourth-order valence-corrected chi connectivity index (χ4v) is 1.37. The highest BCUT2D eigenvalue weighted by atomic mass is 16.1. The molecule has 2 rings (SSSR count). The number of carbonyl (C=O) groups is 1. The van der Waals surface area contributed by atoms with Crippen LogP contribution in [0.4, 0.5) is 0 Å². The van der Waals surface area contributed by atoms with Gasteiger partial charge in [0.15, 0.2) is 0 Å². The Morgan fingerprint density at radius 2 is 2.47 bits per heavy atom. The number of hydrogen-bond donors (Lipinski definition) is 1. The molecule has 0 fully saturated rings. The lowest BCUT2D eigenvalue weighted by Crippen LogP contribution is -2.25. The van der Waals surface area contributed by atoms with Crippen LogP contribution in [0, 0.1) is 0 Å². The number of carbonyl (C=O) groups excluding carboxylic acids is 1. The Bertz CT molecular complexity index is 584. The van der Waals surface area contributed by atoms with Gasteiger partial charge < -0.3 is 5.32 Å². The standard InChI is InChI=1S/C9H9N7O/c10-15-13-2-1-12-9(17)7-5-14-16-4-3-11-6-8(7)16/h3-6H,1-2H2,(H,12,17). The number of amides is 1. The lowest BCUT2D eigenvalue weighted by Gasteiger charge is -2.00. The van der Waals surface area contributed by atoms with Gasteiger partial charge >= 0.3 is 0 Å². The average molecular weight is 231 g/mol. The summed E-state index contributed by atoms with van der Waals surface area (Å²) < 4.78 is 1.56. The third-order valence-corrected chi connectivity index (χ3v) is 2.13. The van der Waals surface area contributed by atoms with E-state index in [-0.39, 0.29) is 12.5 Å². The van der Waals surface area contributed by atoms with Gasteiger partial charge in [0.25, 0.3) is 5.91 Å². The molecule has 86 valence electrons.